The molecule has 1 aromatic rings. The van der Waals surface area contributed by atoms with Crippen LogP contribution in [0, 0.1) is 5.92 Å². The molecule has 1 saturated heterocycles. The van der Waals surface area contributed by atoms with Crippen LogP contribution in [0.5, 0.6) is 5.75 Å². The fourth-order valence-electron chi connectivity index (χ4n) is 5.83. The smallest absolute Gasteiger partial charge is 0.326 e. The lowest BCUT2D eigenvalue weighted by atomic mass is 9.98. The summed E-state index contributed by atoms with van der Waals surface area (Å²) in [6.07, 6.45) is -0.536. The Morgan fingerprint density at radius 3 is 1.82 bits per heavy atom. The van der Waals surface area contributed by atoms with Crippen LogP contribution in [0.3, 0.4) is 0 Å². The number of hydrogen-bond acceptors (Lipinski definition) is 13. The average molecular weight is 808 g/mol. The van der Waals surface area contributed by atoms with Gasteiger partial charge in [0.05, 0.1) is 25.7 Å². The number of aliphatic hydroxyl groups is 2. The summed E-state index contributed by atoms with van der Waals surface area (Å²) in [5.41, 5.74) is 16.5. The fourth-order valence-corrected chi connectivity index (χ4v) is 5.83. The maximum atomic E-state index is 13.9. The number of nitrogens with two attached hydrogens (primary N) is 3. The Morgan fingerprint density at radius 1 is 0.789 bits per heavy atom. The minimum Gasteiger partial charge on any atom is -0.508 e. The van der Waals surface area contributed by atoms with Crippen molar-refractivity contribution in [2.75, 3.05) is 19.8 Å². The summed E-state index contributed by atoms with van der Waals surface area (Å²) in [4.78, 5) is 116. The average Bonchev–Trinajstić information content (AvgIpc) is 3.66. The number of phenolic OH excluding ortho intramolecular Hbond substituents is 1. The Balaban J connectivity index is 2.31. The SMILES string of the molecule is CC[C@H](C)[C@H](NC(=O)[C@@H]1CCCN1C(=O)[C@H](CC(N)=O)NC(=O)[C@H](Cc1ccc(O)cc1)NC(=O)[C@H](CO)NC(=O)[C@H](CO)NC(=O)[C@@H](N)CCC(N)=O)C(=O)O. The standard InChI is InChI=1S/C35H53N9O13/c1-3-17(2)28(35(56)57)43-33(54)25-5-4-12-44(25)34(55)22(14-27(38)49)40-30(51)21(13-18-6-8-19(47)9-7-18)39-31(52)24(16-46)42-32(53)23(15-45)41-29(50)20(36)10-11-26(37)48/h6-9,17,20-25,28,45-47H,3-5,10-16,36H2,1-2H3,(H2,37,48)(H2,38,49)(H,39,52)(H,40,51)(H,41,50)(H,42,53)(H,43,54)(H,56,57)/t17-,20-,21-,22-,23-,24-,25-,28-/m0/s1. The molecular formula is C35H53N9O13. The lowest BCUT2D eigenvalue weighted by molar-refractivity contribution is -0.146. The van der Waals surface area contributed by atoms with Gasteiger partial charge in [-0.3, -0.25) is 38.4 Å². The number of aromatic hydroxyl groups is 1. The van der Waals surface area contributed by atoms with Gasteiger partial charge in [0.25, 0.3) is 0 Å². The Hall–Kier alpha value is -5.87. The Labute approximate surface area is 327 Å². The van der Waals surface area contributed by atoms with Crippen molar-refractivity contribution in [3.63, 3.8) is 0 Å². The number of amides is 8. The highest BCUT2D eigenvalue weighted by atomic mass is 16.4. The van der Waals surface area contributed by atoms with Crippen molar-refractivity contribution >= 4 is 53.2 Å². The summed E-state index contributed by atoms with van der Waals surface area (Å²) < 4.78 is 0. The normalized spacial score (nSPS) is 17.4. The van der Waals surface area contributed by atoms with E-state index in [4.69, 9.17) is 17.2 Å². The highest BCUT2D eigenvalue weighted by molar-refractivity contribution is 5.98. The van der Waals surface area contributed by atoms with Gasteiger partial charge in [-0.25, -0.2) is 4.79 Å². The highest BCUT2D eigenvalue weighted by Crippen LogP contribution is 2.21. The third kappa shape index (κ3) is 14.6. The van der Waals surface area contributed by atoms with Gasteiger partial charge in [0.15, 0.2) is 0 Å². The van der Waals surface area contributed by atoms with Crippen molar-refractivity contribution in [3.8, 4) is 5.75 Å². The molecule has 0 radical (unpaired) electrons. The molecule has 0 spiro atoms. The topological polar surface area (TPSA) is 376 Å². The predicted molar refractivity (Wildman–Crippen MR) is 198 cm³/mol. The molecule has 1 fully saturated rings. The minimum absolute atomic E-state index is 0.0171. The van der Waals surface area contributed by atoms with E-state index in [1.807, 2.05) is 0 Å². The van der Waals surface area contributed by atoms with Gasteiger partial charge in [0.1, 0.15) is 42.0 Å². The molecule has 1 aliphatic rings. The minimum atomic E-state index is -1.78. The maximum Gasteiger partial charge on any atom is 0.326 e. The first-order chi connectivity index (χ1) is 26.8. The number of phenols is 1. The molecule has 1 aliphatic heterocycles. The van der Waals surface area contributed by atoms with Crippen molar-refractivity contribution in [1.29, 1.82) is 0 Å². The van der Waals surface area contributed by atoms with Gasteiger partial charge in [0, 0.05) is 19.4 Å². The number of carboxylic acids is 1. The number of rotatable bonds is 23. The van der Waals surface area contributed by atoms with Crippen LogP contribution in [0.4, 0.5) is 0 Å². The van der Waals surface area contributed by atoms with Crippen molar-refractivity contribution in [1.82, 2.24) is 31.5 Å². The molecule has 15 N–H and O–H groups in total. The molecule has 0 unspecified atom stereocenters. The van der Waals surface area contributed by atoms with Gasteiger partial charge in [-0.15, -0.1) is 0 Å². The molecule has 316 valence electrons. The second-order valence-corrected chi connectivity index (χ2v) is 13.7. The zero-order valence-corrected chi connectivity index (χ0v) is 31.6. The molecule has 0 aromatic heterocycles. The summed E-state index contributed by atoms with van der Waals surface area (Å²) in [7, 11) is 0. The fraction of sp³-hybridized carbons (Fsp3) is 0.571. The van der Waals surface area contributed by atoms with Crippen LogP contribution < -0.4 is 43.8 Å². The lowest BCUT2D eigenvalue weighted by Gasteiger charge is -2.31. The van der Waals surface area contributed by atoms with Crippen molar-refractivity contribution in [3.05, 3.63) is 29.8 Å². The van der Waals surface area contributed by atoms with E-state index in [2.05, 4.69) is 26.6 Å². The molecule has 2 rings (SSSR count). The summed E-state index contributed by atoms with van der Waals surface area (Å²) >= 11 is 0. The number of nitrogens with one attached hydrogen (secondary N) is 5. The number of likely N-dealkylation sites (tertiary alicyclic amines) is 1. The number of aliphatic carboxylic acids is 1. The first kappa shape index (κ1) is 47.3. The van der Waals surface area contributed by atoms with Crippen LogP contribution >= 0.6 is 0 Å². The quantitative estimate of drug-likeness (QED) is 0.0493. The van der Waals surface area contributed by atoms with Crippen LogP contribution in [0.15, 0.2) is 24.3 Å². The van der Waals surface area contributed by atoms with Crippen molar-refractivity contribution < 1.29 is 63.6 Å². The summed E-state index contributed by atoms with van der Waals surface area (Å²) in [6, 6.07) is -4.96. The monoisotopic (exact) mass is 807 g/mol. The first-order valence-electron chi connectivity index (χ1n) is 18.2. The number of benzene rings is 1. The zero-order chi connectivity index (χ0) is 43.0. The van der Waals surface area contributed by atoms with E-state index in [9.17, 15) is 63.6 Å². The molecule has 0 saturated carbocycles. The number of aliphatic hydroxyl groups excluding tert-OH is 2. The number of carbonyl (C=O) groups excluding carboxylic acids is 8. The lowest BCUT2D eigenvalue weighted by Crippen LogP contribution is -2.61. The van der Waals surface area contributed by atoms with Gasteiger partial charge in [-0.1, -0.05) is 32.4 Å². The van der Waals surface area contributed by atoms with Gasteiger partial charge in [-0.05, 0) is 42.9 Å². The molecular weight excluding hydrogens is 754 g/mol. The number of carbonyl (C=O) groups is 9. The third-order valence-corrected chi connectivity index (χ3v) is 9.31. The molecule has 22 nitrogen and oxygen atoms in total. The summed E-state index contributed by atoms with van der Waals surface area (Å²) in [5, 5.41) is 50.7. The number of nitrogens with zero attached hydrogens (tertiary/aromatic N) is 1. The number of hydrogen-bond donors (Lipinski definition) is 12. The van der Waals surface area contributed by atoms with Gasteiger partial charge in [0.2, 0.25) is 47.3 Å². The van der Waals surface area contributed by atoms with E-state index < -0.39 is 121 Å². The third-order valence-electron chi connectivity index (χ3n) is 9.31. The molecule has 0 aliphatic carbocycles. The predicted octanol–water partition coefficient (Wildman–Crippen LogP) is -5.07. The Kier molecular flexibility index (Phi) is 18.8. The van der Waals surface area contributed by atoms with Gasteiger partial charge in [-0.2, -0.15) is 0 Å². The van der Waals surface area contributed by atoms with Crippen molar-refractivity contribution in [2.24, 2.45) is 23.1 Å². The Bertz CT molecular complexity index is 1630. The van der Waals surface area contributed by atoms with Gasteiger partial charge >= 0.3 is 5.97 Å². The number of primary amides is 2. The van der Waals surface area contributed by atoms with E-state index in [0.29, 0.717) is 18.4 Å². The molecule has 22 heteroatoms. The van der Waals surface area contributed by atoms with Crippen LogP contribution in [0.2, 0.25) is 0 Å². The van der Waals surface area contributed by atoms with Crippen LogP contribution in [-0.2, 0) is 49.6 Å². The van der Waals surface area contributed by atoms with Crippen LogP contribution in [-0.4, -0.2) is 141 Å². The molecule has 1 aromatic carbocycles. The van der Waals surface area contributed by atoms with E-state index in [0.717, 1.165) is 4.90 Å². The first-order valence-corrected chi connectivity index (χ1v) is 18.2. The van der Waals surface area contributed by atoms with Crippen molar-refractivity contribution in [2.45, 2.75) is 101 Å². The Morgan fingerprint density at radius 2 is 1.32 bits per heavy atom. The molecule has 8 amide bonds. The van der Waals surface area contributed by atoms with E-state index in [1.165, 1.54) is 24.3 Å². The second-order valence-electron chi connectivity index (χ2n) is 13.7. The zero-order valence-electron chi connectivity index (χ0n) is 31.6. The summed E-state index contributed by atoms with van der Waals surface area (Å²) in [6.45, 7) is 1.38. The number of carboxylic acid groups (broad SMARTS) is 1. The highest BCUT2D eigenvalue weighted by Gasteiger charge is 2.41. The molecule has 1 heterocycles. The molecule has 8 atom stereocenters. The maximum absolute atomic E-state index is 13.9. The second kappa shape index (κ2) is 22.6. The van der Waals surface area contributed by atoms with Crippen LogP contribution in [0.1, 0.15) is 57.9 Å². The van der Waals surface area contributed by atoms with E-state index >= 15 is 0 Å². The largest absolute Gasteiger partial charge is 0.508 e. The van der Waals surface area contributed by atoms with Crippen LogP contribution in [0.25, 0.3) is 0 Å². The van der Waals surface area contributed by atoms with E-state index in [-0.39, 0.29) is 38.0 Å². The van der Waals surface area contributed by atoms with E-state index in [1.54, 1.807) is 13.8 Å². The summed E-state index contributed by atoms with van der Waals surface area (Å²) in [5.74, 6) is -9.49. The van der Waals surface area contributed by atoms with Gasteiger partial charge < -0.3 is 69.1 Å². The molecule has 57 heavy (non-hydrogen) atoms. The molecule has 0 bridgehead atoms.